The van der Waals surface area contributed by atoms with Crippen LogP contribution in [-0.4, -0.2) is 37.1 Å². The molecular formula is C38H37Br2F7N4O6. The van der Waals surface area contributed by atoms with Crippen molar-refractivity contribution in [3.63, 3.8) is 0 Å². The van der Waals surface area contributed by atoms with Crippen LogP contribution >= 0.6 is 31.9 Å². The molecular weight excluding hydrogens is 901 g/mol. The summed E-state index contributed by atoms with van der Waals surface area (Å²) in [7, 11) is 0. The molecule has 2 heterocycles. The molecule has 0 atom stereocenters. The van der Waals surface area contributed by atoms with Crippen molar-refractivity contribution in [2.45, 2.75) is 88.8 Å². The number of nitrogens with zero attached hydrogens (tertiary/aromatic N) is 4. The number of rotatable bonds is 8. The van der Waals surface area contributed by atoms with Crippen molar-refractivity contribution in [3.05, 3.63) is 130 Å². The minimum atomic E-state index is -4.75. The van der Waals surface area contributed by atoms with Crippen LogP contribution in [0.25, 0.3) is 0 Å². The van der Waals surface area contributed by atoms with Crippen molar-refractivity contribution in [1.29, 1.82) is 0 Å². The van der Waals surface area contributed by atoms with Crippen LogP contribution in [-0.2, 0) is 25.2 Å². The Bertz CT molecular complexity index is 1960. The Hall–Kier alpha value is -4.23. The summed E-state index contributed by atoms with van der Waals surface area (Å²) in [5.74, 6) is 0.524. The zero-order chi connectivity index (χ0) is 41.9. The maximum Gasteiger partial charge on any atom is 0.423 e. The van der Waals surface area contributed by atoms with Crippen molar-refractivity contribution < 1.29 is 50.4 Å². The highest BCUT2D eigenvalue weighted by Gasteiger charge is 2.39. The molecule has 2 fully saturated rings. The van der Waals surface area contributed by atoms with Crippen molar-refractivity contribution in [1.82, 2.24) is 9.97 Å². The number of benzene rings is 2. The normalized spacial score (nSPS) is 19.6. The van der Waals surface area contributed by atoms with E-state index in [1.807, 2.05) is 12.1 Å². The Balaban J connectivity index is 0.000000217. The largest absolute Gasteiger partial charge is 0.474 e. The molecule has 1 N–H and O–H groups in total. The van der Waals surface area contributed by atoms with Crippen molar-refractivity contribution in [2.75, 3.05) is 0 Å². The van der Waals surface area contributed by atoms with E-state index < -0.39 is 50.6 Å². The summed E-state index contributed by atoms with van der Waals surface area (Å²) >= 11 is 6.30. The lowest BCUT2D eigenvalue weighted by Gasteiger charge is -2.28. The topological polar surface area (TPSA) is 142 Å². The van der Waals surface area contributed by atoms with Crippen molar-refractivity contribution in [3.8, 4) is 5.88 Å². The fourth-order valence-corrected chi connectivity index (χ4v) is 7.32. The summed E-state index contributed by atoms with van der Waals surface area (Å²) in [4.78, 5) is 27.2. The van der Waals surface area contributed by atoms with Gasteiger partial charge in [-0.1, -0.05) is 24.3 Å². The van der Waals surface area contributed by atoms with Gasteiger partial charge in [0.15, 0.2) is 0 Å². The monoisotopic (exact) mass is 936 g/mol. The first-order valence-corrected chi connectivity index (χ1v) is 19.3. The number of aliphatic hydroxyl groups is 1. The van der Waals surface area contributed by atoms with Crippen LogP contribution in [0.15, 0.2) is 82.0 Å². The summed E-state index contributed by atoms with van der Waals surface area (Å²) in [6.07, 6.45) is -2.81. The standard InChI is InChI=1S/C19H18BrF3N2O3.C14H16F3NO3.C5H3BrFN/c20-17-2-1-3-18(24-17)28-14-7-4-12(5-8-14)10-13-6-9-16(25(26)27)15(11-13)19(21,22)23;15-14(16,17)12-8-10(3-6-13(12)18(20)21)7-9-1-4-11(19)5-2-9;6-4-2-1-3-5(7)8-4/h1-3,6,9,11-12,14H,4-5,7-8,10H2;3,6,8-9,11,19H,1-2,4-5,7H2;1-3H. The molecule has 10 nitrogen and oxygen atoms in total. The number of aromatic nitrogens is 2. The second kappa shape index (κ2) is 20.5. The highest BCUT2D eigenvalue weighted by Crippen LogP contribution is 2.39. The van der Waals surface area contributed by atoms with E-state index in [1.165, 1.54) is 18.2 Å². The molecule has 2 aliphatic carbocycles. The molecule has 308 valence electrons. The van der Waals surface area contributed by atoms with Crippen LogP contribution in [0.5, 0.6) is 5.88 Å². The van der Waals surface area contributed by atoms with E-state index >= 15 is 0 Å². The van der Waals surface area contributed by atoms with Gasteiger partial charge in [-0.05, 0) is 149 Å². The van der Waals surface area contributed by atoms with E-state index in [0.29, 0.717) is 51.9 Å². The zero-order valence-corrected chi connectivity index (χ0v) is 33.2. The van der Waals surface area contributed by atoms with Crippen LogP contribution in [0.3, 0.4) is 0 Å². The lowest BCUT2D eigenvalue weighted by atomic mass is 9.83. The van der Waals surface area contributed by atoms with Gasteiger partial charge in [-0.2, -0.15) is 30.7 Å². The minimum absolute atomic E-state index is 0.0284. The first kappa shape index (κ1) is 45.5. The number of ether oxygens (including phenoxy) is 1. The van der Waals surface area contributed by atoms with Crippen LogP contribution in [0.1, 0.15) is 73.6 Å². The molecule has 2 aromatic carbocycles. The van der Waals surface area contributed by atoms with E-state index in [9.17, 15) is 56.1 Å². The fraction of sp³-hybridized carbons (Fsp3) is 0.421. The molecule has 2 aliphatic rings. The van der Waals surface area contributed by atoms with Gasteiger partial charge in [-0.25, -0.2) is 9.97 Å². The van der Waals surface area contributed by atoms with Gasteiger partial charge in [0.1, 0.15) is 26.4 Å². The second-order valence-corrected chi connectivity index (χ2v) is 15.3. The summed E-state index contributed by atoms with van der Waals surface area (Å²) in [6, 6.07) is 16.5. The van der Waals surface area contributed by atoms with Gasteiger partial charge in [0.05, 0.1) is 16.0 Å². The molecule has 4 aromatic rings. The number of hydrogen-bond donors (Lipinski definition) is 1. The second-order valence-electron chi connectivity index (χ2n) is 13.6. The molecule has 0 spiro atoms. The van der Waals surface area contributed by atoms with Gasteiger partial charge >= 0.3 is 12.4 Å². The Morgan fingerprint density at radius 1 is 0.667 bits per heavy atom. The predicted octanol–water partition coefficient (Wildman–Crippen LogP) is 11.6. The van der Waals surface area contributed by atoms with E-state index in [0.717, 1.165) is 62.8 Å². The van der Waals surface area contributed by atoms with Crippen molar-refractivity contribution in [2.24, 2.45) is 11.8 Å². The lowest BCUT2D eigenvalue weighted by molar-refractivity contribution is -0.388. The number of alkyl halides is 6. The molecule has 2 aromatic heterocycles. The van der Waals surface area contributed by atoms with Crippen molar-refractivity contribution >= 4 is 43.2 Å². The van der Waals surface area contributed by atoms with Gasteiger partial charge < -0.3 is 9.84 Å². The fourth-order valence-electron chi connectivity index (χ4n) is 6.67. The van der Waals surface area contributed by atoms with Gasteiger partial charge in [-0.3, -0.25) is 20.2 Å². The average Bonchev–Trinajstić information content (AvgIpc) is 3.13. The van der Waals surface area contributed by atoms with E-state index in [2.05, 4.69) is 41.8 Å². The zero-order valence-electron chi connectivity index (χ0n) is 30.0. The van der Waals surface area contributed by atoms with Crippen LogP contribution in [0, 0.1) is 38.0 Å². The summed E-state index contributed by atoms with van der Waals surface area (Å²) in [5, 5.41) is 31.0. The highest BCUT2D eigenvalue weighted by molar-refractivity contribution is 9.10. The molecule has 0 saturated heterocycles. The van der Waals surface area contributed by atoms with Gasteiger partial charge in [0, 0.05) is 18.2 Å². The Morgan fingerprint density at radius 2 is 1.11 bits per heavy atom. The number of halogens is 9. The third-order valence-corrected chi connectivity index (χ3v) is 10.3. The summed E-state index contributed by atoms with van der Waals surface area (Å²) < 4.78 is 97.1. The quantitative estimate of drug-likeness (QED) is 0.0797. The molecule has 0 aliphatic heterocycles. The number of pyridine rings is 2. The first-order chi connectivity index (χ1) is 26.8. The van der Waals surface area contributed by atoms with Crippen LogP contribution in [0.2, 0.25) is 0 Å². The molecule has 0 bridgehead atoms. The molecule has 2 saturated carbocycles. The van der Waals surface area contributed by atoms with Gasteiger partial charge in [0.2, 0.25) is 11.8 Å². The Morgan fingerprint density at radius 3 is 1.49 bits per heavy atom. The maximum absolute atomic E-state index is 13.1. The van der Waals surface area contributed by atoms with E-state index in [1.54, 1.807) is 18.2 Å². The molecule has 0 radical (unpaired) electrons. The highest BCUT2D eigenvalue weighted by atomic mass is 79.9. The van der Waals surface area contributed by atoms with Gasteiger partial charge in [-0.15, -0.1) is 0 Å². The predicted molar refractivity (Wildman–Crippen MR) is 202 cm³/mol. The van der Waals surface area contributed by atoms with Crippen LogP contribution < -0.4 is 4.74 Å². The smallest absolute Gasteiger partial charge is 0.423 e. The lowest BCUT2D eigenvalue weighted by Crippen LogP contribution is -2.25. The summed E-state index contributed by atoms with van der Waals surface area (Å²) in [5.41, 5.74) is -3.28. The van der Waals surface area contributed by atoms with E-state index in [-0.39, 0.29) is 24.0 Å². The molecule has 57 heavy (non-hydrogen) atoms. The number of nitro groups is 2. The SMILES string of the molecule is Fc1cccc(Br)n1.O=[N+]([O-])c1ccc(CC2CCC(O)CC2)cc1C(F)(F)F.O=[N+]([O-])c1ccc(CC2CCC(Oc3cccc(Br)n3)CC2)cc1C(F)(F)F. The molecule has 19 heteroatoms. The number of nitro benzene ring substituents is 2. The maximum atomic E-state index is 13.1. The minimum Gasteiger partial charge on any atom is -0.474 e. The average molecular weight is 939 g/mol. The third-order valence-electron chi connectivity index (χ3n) is 9.44. The number of aliphatic hydroxyl groups excluding tert-OH is 1. The Kier molecular flexibility index (Phi) is 16.3. The molecule has 0 amide bonds. The van der Waals surface area contributed by atoms with Crippen LogP contribution in [0.4, 0.5) is 42.1 Å². The molecule has 0 unspecified atom stereocenters. The van der Waals surface area contributed by atoms with Gasteiger partial charge in [0.25, 0.3) is 11.4 Å². The summed E-state index contributed by atoms with van der Waals surface area (Å²) in [6.45, 7) is 0. The number of hydrogen-bond acceptors (Lipinski definition) is 8. The first-order valence-electron chi connectivity index (χ1n) is 17.7. The third kappa shape index (κ3) is 14.6. The Labute approximate surface area is 339 Å². The molecule has 6 rings (SSSR count). The van der Waals surface area contributed by atoms with E-state index in [4.69, 9.17) is 4.74 Å².